The molecule has 0 saturated heterocycles. The second kappa shape index (κ2) is 16.0. The number of carbonyl (C=O) groups is 2. The number of hydrogen-bond donors (Lipinski definition) is 2. The monoisotopic (exact) mass is 516 g/mol. The van der Waals surface area contributed by atoms with Gasteiger partial charge in [0.25, 0.3) is 0 Å². The summed E-state index contributed by atoms with van der Waals surface area (Å²) in [5.41, 5.74) is 9.20. The molecule has 2 N–H and O–H groups in total. The summed E-state index contributed by atoms with van der Waals surface area (Å²) < 4.78 is 0. The molecule has 8 heteroatoms. The van der Waals surface area contributed by atoms with Crippen molar-refractivity contribution in [2.24, 2.45) is 32.0 Å². The second-order valence-electron chi connectivity index (χ2n) is 9.85. The van der Waals surface area contributed by atoms with Gasteiger partial charge < -0.3 is 0 Å². The molecule has 2 rings (SSSR count). The first-order chi connectivity index (χ1) is 18.2. The Balaban J connectivity index is 2.15. The lowest BCUT2D eigenvalue weighted by molar-refractivity contribution is -0.114. The number of Topliss-reactive ketones (excluding diaryl/α,β-unsaturated/α-hetero) is 2. The number of hydrogen-bond acceptors (Lipinski definition) is 8. The first-order valence-corrected chi connectivity index (χ1v) is 13.0. The SMILES string of the molecule is CC(=NCCN=C(C)/C(=N\Nc1ccccc1)C(=O)CC(C)C)/C(=N\Nc1ccccc1)C(=O)CC(C)C. The number of ketones is 2. The van der Waals surface area contributed by atoms with Gasteiger partial charge in [-0.05, 0) is 49.9 Å². The molecule has 0 spiro atoms. The second-order valence-corrected chi connectivity index (χ2v) is 9.85. The molecule has 0 bridgehead atoms. The van der Waals surface area contributed by atoms with Crippen LogP contribution in [0, 0.1) is 11.8 Å². The molecule has 0 saturated carbocycles. The van der Waals surface area contributed by atoms with E-state index in [1.165, 1.54) is 0 Å². The largest absolute Gasteiger partial charge is 0.292 e. The minimum absolute atomic E-state index is 0.0648. The molecule has 0 aliphatic heterocycles. The lowest BCUT2D eigenvalue weighted by atomic mass is 10.0. The highest BCUT2D eigenvalue weighted by Gasteiger charge is 2.18. The number of hydrazone groups is 2. The third kappa shape index (κ3) is 11.0. The van der Waals surface area contributed by atoms with Gasteiger partial charge in [0.1, 0.15) is 11.4 Å². The summed E-state index contributed by atoms with van der Waals surface area (Å²) in [5.74, 6) is 0.278. The zero-order valence-corrected chi connectivity index (χ0v) is 23.4. The Labute approximate surface area is 226 Å². The highest BCUT2D eigenvalue weighted by atomic mass is 16.1. The molecule has 38 heavy (non-hydrogen) atoms. The standard InChI is InChI=1S/C30H40N6O2/c1-21(2)19-27(37)29(35-33-25-13-9-7-10-14-25)23(5)31-17-18-32-24(6)30(28(38)20-22(3)4)36-34-26-15-11-8-12-16-26/h7-16,21-22,33-34H,17-20H2,1-6H3/b31-23?,32-24?,35-29+,36-30+. The summed E-state index contributed by atoms with van der Waals surface area (Å²) in [5, 5.41) is 8.74. The van der Waals surface area contributed by atoms with Gasteiger partial charge in [-0.2, -0.15) is 10.2 Å². The predicted molar refractivity (Wildman–Crippen MR) is 160 cm³/mol. The maximum Gasteiger partial charge on any atom is 0.185 e. The molecule has 0 radical (unpaired) electrons. The van der Waals surface area contributed by atoms with Crippen LogP contribution in [0.25, 0.3) is 0 Å². The molecule has 202 valence electrons. The van der Waals surface area contributed by atoms with E-state index in [0.29, 0.717) is 48.8 Å². The maximum absolute atomic E-state index is 12.9. The van der Waals surface area contributed by atoms with E-state index in [1.54, 1.807) is 13.8 Å². The van der Waals surface area contributed by atoms with E-state index in [1.807, 2.05) is 88.4 Å². The molecule has 0 aromatic heterocycles. The molecule has 0 heterocycles. The normalized spacial score (nSPS) is 13.2. The zero-order chi connectivity index (χ0) is 27.9. The van der Waals surface area contributed by atoms with E-state index < -0.39 is 0 Å². The van der Waals surface area contributed by atoms with Gasteiger partial charge in [-0.15, -0.1) is 0 Å². The van der Waals surface area contributed by atoms with E-state index in [2.05, 4.69) is 31.0 Å². The molecule has 2 aromatic rings. The van der Waals surface area contributed by atoms with Gasteiger partial charge in [0, 0.05) is 12.8 Å². The first kappa shape index (κ1) is 30.3. The van der Waals surface area contributed by atoms with Crippen molar-refractivity contribution in [3.63, 3.8) is 0 Å². The van der Waals surface area contributed by atoms with E-state index in [4.69, 9.17) is 0 Å². The van der Waals surface area contributed by atoms with Crippen LogP contribution in [0.2, 0.25) is 0 Å². The molecule has 0 aliphatic carbocycles. The van der Waals surface area contributed by atoms with Gasteiger partial charge in [0.2, 0.25) is 0 Å². The first-order valence-electron chi connectivity index (χ1n) is 13.0. The minimum atomic E-state index is -0.0648. The maximum atomic E-state index is 12.9. The van der Waals surface area contributed by atoms with Crippen LogP contribution in [0.3, 0.4) is 0 Å². The van der Waals surface area contributed by atoms with Crippen LogP contribution in [0.4, 0.5) is 11.4 Å². The van der Waals surface area contributed by atoms with Crippen molar-refractivity contribution in [3.8, 4) is 0 Å². The van der Waals surface area contributed by atoms with Crippen molar-refractivity contribution in [1.29, 1.82) is 0 Å². The average Bonchev–Trinajstić information content (AvgIpc) is 2.87. The smallest absolute Gasteiger partial charge is 0.185 e. The Kier molecular flexibility index (Phi) is 12.8. The number of anilines is 2. The summed E-state index contributed by atoms with van der Waals surface area (Å²) in [7, 11) is 0. The van der Waals surface area contributed by atoms with Crippen LogP contribution in [0.5, 0.6) is 0 Å². The molecular formula is C30H40N6O2. The van der Waals surface area contributed by atoms with Crippen LogP contribution in [-0.4, -0.2) is 47.5 Å². The number of para-hydroxylation sites is 2. The van der Waals surface area contributed by atoms with Crippen molar-refractivity contribution in [2.75, 3.05) is 23.9 Å². The molecule has 0 atom stereocenters. The summed E-state index contributed by atoms with van der Waals surface area (Å²) in [6.07, 6.45) is 0.761. The fourth-order valence-corrected chi connectivity index (χ4v) is 3.48. The lowest BCUT2D eigenvalue weighted by Crippen LogP contribution is -2.26. The predicted octanol–water partition coefficient (Wildman–Crippen LogP) is 6.07. The Bertz CT molecular complexity index is 1070. The molecular weight excluding hydrogens is 476 g/mol. The number of benzene rings is 2. The van der Waals surface area contributed by atoms with Crippen LogP contribution in [-0.2, 0) is 9.59 Å². The lowest BCUT2D eigenvalue weighted by Gasteiger charge is -2.10. The highest BCUT2D eigenvalue weighted by Crippen LogP contribution is 2.09. The third-order valence-corrected chi connectivity index (χ3v) is 5.34. The fraction of sp³-hybridized carbons (Fsp3) is 0.400. The number of aliphatic imine (C=N–C) groups is 2. The van der Waals surface area contributed by atoms with Crippen LogP contribution in [0.15, 0.2) is 80.9 Å². The minimum Gasteiger partial charge on any atom is -0.292 e. The molecule has 0 unspecified atom stereocenters. The van der Waals surface area contributed by atoms with Gasteiger partial charge in [-0.25, -0.2) is 0 Å². The van der Waals surface area contributed by atoms with Crippen LogP contribution >= 0.6 is 0 Å². The number of carbonyl (C=O) groups excluding carboxylic acids is 2. The molecule has 0 aliphatic rings. The van der Waals surface area contributed by atoms with E-state index in [-0.39, 0.29) is 23.4 Å². The molecule has 0 amide bonds. The highest BCUT2D eigenvalue weighted by molar-refractivity contribution is 6.67. The van der Waals surface area contributed by atoms with Gasteiger partial charge in [-0.3, -0.25) is 30.4 Å². The Morgan fingerprint density at radius 3 is 1.29 bits per heavy atom. The summed E-state index contributed by atoms with van der Waals surface area (Å²) in [6, 6.07) is 18.9. The fourth-order valence-electron chi connectivity index (χ4n) is 3.48. The van der Waals surface area contributed by atoms with Crippen molar-refractivity contribution >= 4 is 45.8 Å². The van der Waals surface area contributed by atoms with Crippen molar-refractivity contribution in [1.82, 2.24) is 0 Å². The van der Waals surface area contributed by atoms with Crippen molar-refractivity contribution in [3.05, 3.63) is 60.7 Å². The Morgan fingerprint density at radius 2 is 0.974 bits per heavy atom. The van der Waals surface area contributed by atoms with Gasteiger partial charge in [0.15, 0.2) is 11.6 Å². The van der Waals surface area contributed by atoms with E-state index >= 15 is 0 Å². The average molecular weight is 517 g/mol. The van der Waals surface area contributed by atoms with Gasteiger partial charge in [0.05, 0.1) is 35.9 Å². The quantitative estimate of drug-likeness (QED) is 0.170. The molecule has 2 aromatic carbocycles. The van der Waals surface area contributed by atoms with Crippen molar-refractivity contribution in [2.45, 2.75) is 54.4 Å². The number of rotatable bonds is 15. The Hall–Kier alpha value is -3.94. The molecule has 0 fully saturated rings. The van der Waals surface area contributed by atoms with Crippen molar-refractivity contribution < 1.29 is 9.59 Å². The number of nitrogens with one attached hydrogen (secondary N) is 2. The topological polar surface area (TPSA) is 108 Å². The Morgan fingerprint density at radius 1 is 0.632 bits per heavy atom. The van der Waals surface area contributed by atoms with Crippen LogP contribution < -0.4 is 10.9 Å². The van der Waals surface area contributed by atoms with Gasteiger partial charge >= 0.3 is 0 Å². The molecule has 8 nitrogen and oxygen atoms in total. The summed E-state index contributed by atoms with van der Waals surface area (Å²) in [4.78, 5) is 34.8. The third-order valence-electron chi connectivity index (χ3n) is 5.34. The van der Waals surface area contributed by atoms with Crippen LogP contribution in [0.1, 0.15) is 54.4 Å². The summed E-state index contributed by atoms with van der Waals surface area (Å²) >= 11 is 0. The number of nitrogens with zero attached hydrogens (tertiary/aromatic N) is 4. The van der Waals surface area contributed by atoms with E-state index in [0.717, 1.165) is 11.4 Å². The van der Waals surface area contributed by atoms with Gasteiger partial charge in [-0.1, -0.05) is 64.1 Å². The van der Waals surface area contributed by atoms with E-state index in [9.17, 15) is 9.59 Å². The zero-order valence-electron chi connectivity index (χ0n) is 23.4. The summed E-state index contributed by atoms with van der Waals surface area (Å²) in [6.45, 7) is 12.2.